The summed E-state index contributed by atoms with van der Waals surface area (Å²) in [5, 5.41) is 18.0. The second kappa shape index (κ2) is 3.92. The average molecular weight is 176 g/mol. The second-order valence-electron chi connectivity index (χ2n) is 3.14. The monoisotopic (exact) mass is 176 g/mol. The van der Waals surface area contributed by atoms with E-state index in [0.29, 0.717) is 12.0 Å². The van der Waals surface area contributed by atoms with E-state index in [1.54, 1.807) is 12.1 Å². The van der Waals surface area contributed by atoms with Crippen LogP contribution in [0.2, 0.25) is 0 Å². The van der Waals surface area contributed by atoms with Gasteiger partial charge in [0.25, 0.3) is 0 Å². The summed E-state index contributed by atoms with van der Waals surface area (Å²) < 4.78 is 0. The van der Waals surface area contributed by atoms with Gasteiger partial charge >= 0.3 is 0 Å². The first-order chi connectivity index (χ1) is 6.13. The smallest absolute Gasteiger partial charge is 0.118 e. The van der Waals surface area contributed by atoms with Crippen LogP contribution in [0.1, 0.15) is 18.1 Å². The van der Waals surface area contributed by atoms with Crippen molar-refractivity contribution in [2.45, 2.75) is 19.4 Å². The lowest BCUT2D eigenvalue weighted by Gasteiger charge is -2.07. The molecule has 1 aromatic rings. The molecule has 3 heteroatoms. The molecule has 0 saturated heterocycles. The summed E-state index contributed by atoms with van der Waals surface area (Å²) in [5.74, 6) is 0.205. The largest absolute Gasteiger partial charge is 0.508 e. The lowest BCUT2D eigenvalue weighted by molar-refractivity contribution is 0.465. The fourth-order valence-corrected chi connectivity index (χ4v) is 1.17. The highest BCUT2D eigenvalue weighted by atomic mass is 16.3. The Kier molecular flexibility index (Phi) is 2.88. The Balaban J connectivity index is 2.99. The highest BCUT2D eigenvalue weighted by Gasteiger charge is 2.04. The van der Waals surface area contributed by atoms with Gasteiger partial charge in [0.05, 0.1) is 11.6 Å². The number of phenolic OH excluding ortho intramolecular Hbond substituents is 1. The zero-order chi connectivity index (χ0) is 9.84. The molecule has 0 aliphatic rings. The zero-order valence-electron chi connectivity index (χ0n) is 7.49. The minimum atomic E-state index is -0.0140. The Hall–Kier alpha value is -1.53. The van der Waals surface area contributed by atoms with Gasteiger partial charge in [-0.15, -0.1) is 0 Å². The topological polar surface area (TPSA) is 70.0 Å². The van der Waals surface area contributed by atoms with Crippen LogP contribution in [0.3, 0.4) is 0 Å². The minimum Gasteiger partial charge on any atom is -0.508 e. The molecule has 0 aliphatic heterocycles. The number of benzene rings is 1. The minimum absolute atomic E-state index is 0.0140. The third-order valence-corrected chi connectivity index (χ3v) is 1.75. The molecule has 0 radical (unpaired) electrons. The normalized spacial score (nSPS) is 12.1. The highest BCUT2D eigenvalue weighted by Crippen LogP contribution is 2.19. The van der Waals surface area contributed by atoms with E-state index in [0.717, 1.165) is 5.56 Å². The number of nitrogens with zero attached hydrogens (tertiary/aromatic N) is 1. The molecule has 0 heterocycles. The van der Waals surface area contributed by atoms with Gasteiger partial charge in [0.15, 0.2) is 0 Å². The molecule has 0 fully saturated rings. The van der Waals surface area contributed by atoms with Crippen LogP contribution in [0.4, 0.5) is 0 Å². The molecular formula is C10H12N2O. The van der Waals surface area contributed by atoms with Crippen LogP contribution in [0.15, 0.2) is 18.2 Å². The van der Waals surface area contributed by atoms with Gasteiger partial charge in [-0.05, 0) is 37.1 Å². The highest BCUT2D eigenvalue weighted by molar-refractivity contribution is 5.41. The molecule has 3 N–H and O–H groups in total. The van der Waals surface area contributed by atoms with Crippen LogP contribution in [0, 0.1) is 11.3 Å². The predicted octanol–water partition coefficient (Wildman–Crippen LogP) is 1.15. The Morgan fingerprint density at radius 3 is 2.85 bits per heavy atom. The first-order valence-electron chi connectivity index (χ1n) is 4.11. The maximum atomic E-state index is 9.41. The zero-order valence-corrected chi connectivity index (χ0v) is 7.49. The Bertz CT molecular complexity index is 339. The van der Waals surface area contributed by atoms with E-state index in [2.05, 4.69) is 0 Å². The van der Waals surface area contributed by atoms with Crippen molar-refractivity contribution in [3.8, 4) is 11.8 Å². The quantitative estimate of drug-likeness (QED) is 0.710. The summed E-state index contributed by atoms with van der Waals surface area (Å²) >= 11 is 0. The molecule has 0 aliphatic carbocycles. The van der Waals surface area contributed by atoms with E-state index >= 15 is 0 Å². The van der Waals surface area contributed by atoms with Crippen molar-refractivity contribution in [3.05, 3.63) is 29.3 Å². The van der Waals surface area contributed by atoms with E-state index in [-0.39, 0.29) is 11.8 Å². The number of nitriles is 1. The molecule has 1 rings (SSSR count). The Labute approximate surface area is 77.4 Å². The molecule has 0 aromatic heterocycles. The van der Waals surface area contributed by atoms with Crippen LogP contribution in [0.5, 0.6) is 5.75 Å². The number of nitrogens with two attached hydrogens (primary N) is 1. The van der Waals surface area contributed by atoms with Gasteiger partial charge in [-0.3, -0.25) is 0 Å². The molecule has 68 valence electrons. The number of rotatable bonds is 2. The van der Waals surface area contributed by atoms with Crippen LogP contribution < -0.4 is 5.73 Å². The van der Waals surface area contributed by atoms with E-state index in [9.17, 15) is 5.11 Å². The van der Waals surface area contributed by atoms with Gasteiger partial charge in [-0.25, -0.2) is 0 Å². The lowest BCUT2D eigenvalue weighted by atomic mass is 10.0. The molecule has 1 atom stereocenters. The molecule has 1 unspecified atom stereocenters. The van der Waals surface area contributed by atoms with Crippen LogP contribution in [-0.4, -0.2) is 11.1 Å². The summed E-state index contributed by atoms with van der Waals surface area (Å²) in [6.45, 7) is 1.86. The molecule has 1 aromatic carbocycles. The third kappa shape index (κ3) is 2.46. The van der Waals surface area contributed by atoms with Gasteiger partial charge < -0.3 is 10.8 Å². The van der Waals surface area contributed by atoms with Gasteiger partial charge in [0.2, 0.25) is 0 Å². The SMILES string of the molecule is CC(N)Cc1cc(C#N)ccc1O. The van der Waals surface area contributed by atoms with Crippen molar-refractivity contribution in [2.24, 2.45) is 5.73 Å². The average Bonchev–Trinajstić information content (AvgIpc) is 2.08. The summed E-state index contributed by atoms with van der Waals surface area (Å²) in [6, 6.07) is 6.77. The fraction of sp³-hybridized carbons (Fsp3) is 0.300. The molecule has 0 amide bonds. The third-order valence-electron chi connectivity index (χ3n) is 1.75. The van der Waals surface area contributed by atoms with Gasteiger partial charge in [0, 0.05) is 6.04 Å². The van der Waals surface area contributed by atoms with Crippen molar-refractivity contribution in [2.75, 3.05) is 0 Å². The maximum absolute atomic E-state index is 9.41. The predicted molar refractivity (Wildman–Crippen MR) is 50.2 cm³/mol. The molecule has 0 bridgehead atoms. The van der Waals surface area contributed by atoms with E-state index in [4.69, 9.17) is 11.0 Å². The lowest BCUT2D eigenvalue weighted by Crippen LogP contribution is -2.17. The number of hydrogen-bond donors (Lipinski definition) is 2. The molecule has 0 saturated carbocycles. The van der Waals surface area contributed by atoms with Crippen molar-refractivity contribution in [1.29, 1.82) is 5.26 Å². The van der Waals surface area contributed by atoms with E-state index < -0.39 is 0 Å². The maximum Gasteiger partial charge on any atom is 0.118 e. The van der Waals surface area contributed by atoms with Crippen LogP contribution >= 0.6 is 0 Å². The van der Waals surface area contributed by atoms with Crippen LogP contribution in [0.25, 0.3) is 0 Å². The summed E-state index contributed by atoms with van der Waals surface area (Å²) in [5.41, 5.74) is 6.87. The molecule has 0 spiro atoms. The Morgan fingerprint density at radius 2 is 2.31 bits per heavy atom. The Morgan fingerprint density at radius 1 is 1.62 bits per heavy atom. The summed E-state index contributed by atoms with van der Waals surface area (Å²) in [7, 11) is 0. The standard InChI is InChI=1S/C10H12N2O/c1-7(12)4-9-5-8(6-11)2-3-10(9)13/h2-3,5,7,13H,4,12H2,1H3. The van der Waals surface area contributed by atoms with Crippen molar-refractivity contribution in [1.82, 2.24) is 0 Å². The molecule has 13 heavy (non-hydrogen) atoms. The van der Waals surface area contributed by atoms with E-state index in [1.165, 1.54) is 6.07 Å². The van der Waals surface area contributed by atoms with Gasteiger partial charge in [-0.1, -0.05) is 0 Å². The first kappa shape index (κ1) is 9.56. The fourth-order valence-electron chi connectivity index (χ4n) is 1.17. The van der Waals surface area contributed by atoms with E-state index in [1.807, 2.05) is 13.0 Å². The number of aromatic hydroxyl groups is 1. The van der Waals surface area contributed by atoms with Gasteiger partial charge in [-0.2, -0.15) is 5.26 Å². The number of phenols is 1. The second-order valence-corrected chi connectivity index (χ2v) is 3.14. The first-order valence-corrected chi connectivity index (χ1v) is 4.11. The van der Waals surface area contributed by atoms with Crippen molar-refractivity contribution in [3.63, 3.8) is 0 Å². The molecular weight excluding hydrogens is 164 g/mol. The number of hydrogen-bond acceptors (Lipinski definition) is 3. The molecule has 3 nitrogen and oxygen atoms in total. The summed E-state index contributed by atoms with van der Waals surface area (Å²) in [6.07, 6.45) is 0.585. The summed E-state index contributed by atoms with van der Waals surface area (Å²) in [4.78, 5) is 0. The van der Waals surface area contributed by atoms with Crippen molar-refractivity contribution < 1.29 is 5.11 Å². The van der Waals surface area contributed by atoms with Crippen LogP contribution in [-0.2, 0) is 6.42 Å². The van der Waals surface area contributed by atoms with Crippen molar-refractivity contribution >= 4 is 0 Å². The van der Waals surface area contributed by atoms with Gasteiger partial charge in [0.1, 0.15) is 5.75 Å².